The Kier molecular flexibility index (Phi) is 4.05. The maximum absolute atomic E-state index is 6.12. The van der Waals surface area contributed by atoms with Crippen molar-refractivity contribution >= 4 is 29.3 Å². The Bertz CT molecular complexity index is 573. The molecule has 106 valence electrons. The fourth-order valence-corrected chi connectivity index (χ4v) is 2.79. The molecule has 20 heavy (non-hydrogen) atoms. The summed E-state index contributed by atoms with van der Waals surface area (Å²) in [5, 5.41) is 10.6. The van der Waals surface area contributed by atoms with E-state index in [1.54, 1.807) is 12.4 Å². The van der Waals surface area contributed by atoms with Crippen molar-refractivity contribution in [3.63, 3.8) is 0 Å². The fraction of sp³-hybridized carbons (Fsp3) is 0.417. The van der Waals surface area contributed by atoms with Crippen LogP contribution in [-0.4, -0.2) is 32.2 Å². The Morgan fingerprint density at radius 1 is 1.30 bits per heavy atom. The summed E-state index contributed by atoms with van der Waals surface area (Å²) in [5.74, 6) is 0.563. The van der Waals surface area contributed by atoms with Crippen LogP contribution >= 0.6 is 23.4 Å². The molecule has 0 radical (unpaired) electrons. The highest BCUT2D eigenvalue weighted by Gasteiger charge is 2.24. The first kappa shape index (κ1) is 13.6. The Hall–Kier alpha value is -1.37. The third kappa shape index (κ3) is 2.87. The second-order valence-electron chi connectivity index (χ2n) is 4.81. The van der Waals surface area contributed by atoms with Gasteiger partial charge in [-0.1, -0.05) is 11.6 Å². The van der Waals surface area contributed by atoms with Crippen molar-refractivity contribution < 1.29 is 0 Å². The Labute approximate surface area is 126 Å². The van der Waals surface area contributed by atoms with Crippen LogP contribution in [0.5, 0.6) is 0 Å². The van der Waals surface area contributed by atoms with Gasteiger partial charge in [-0.3, -0.25) is 5.10 Å². The number of anilines is 1. The molecule has 1 saturated carbocycles. The summed E-state index contributed by atoms with van der Waals surface area (Å²) in [6.07, 6.45) is 6.35. The van der Waals surface area contributed by atoms with Gasteiger partial charge in [0.2, 0.25) is 5.95 Å². The lowest BCUT2D eigenvalue weighted by Gasteiger charge is -2.13. The van der Waals surface area contributed by atoms with Gasteiger partial charge in [-0.15, -0.1) is 0 Å². The Balaban J connectivity index is 1.76. The van der Waals surface area contributed by atoms with E-state index >= 15 is 0 Å². The SMILES string of the molecule is ClN[C@@H]1CC[C@H](Nc2ncc(Cl)c(-c3cc[nH]n3)n2)C1. The average molecular weight is 313 g/mol. The number of hydrogen-bond donors (Lipinski definition) is 3. The van der Waals surface area contributed by atoms with Crippen LogP contribution in [0.15, 0.2) is 18.5 Å². The van der Waals surface area contributed by atoms with E-state index in [0.717, 1.165) is 19.3 Å². The molecule has 0 unspecified atom stereocenters. The van der Waals surface area contributed by atoms with Crippen LogP contribution in [0, 0.1) is 0 Å². The number of nitrogens with one attached hydrogen (secondary N) is 3. The molecular weight excluding hydrogens is 299 g/mol. The standard InChI is InChI=1S/C12H14Cl2N6/c13-9-6-15-12(17-7-1-2-8(5-7)19-14)18-11(9)10-3-4-16-20-10/h3-4,6-8,19H,1-2,5H2,(H,16,20)(H,15,17,18)/t7-,8+/m0/s1. The van der Waals surface area contributed by atoms with Crippen molar-refractivity contribution in [2.45, 2.75) is 31.3 Å². The van der Waals surface area contributed by atoms with Crippen LogP contribution in [0.3, 0.4) is 0 Å². The third-order valence-electron chi connectivity index (χ3n) is 3.41. The summed E-state index contributed by atoms with van der Waals surface area (Å²) in [5.41, 5.74) is 1.32. The van der Waals surface area contributed by atoms with Crippen LogP contribution < -0.4 is 10.2 Å². The van der Waals surface area contributed by atoms with Crippen molar-refractivity contribution in [2.24, 2.45) is 0 Å². The van der Waals surface area contributed by atoms with Crippen molar-refractivity contribution in [3.05, 3.63) is 23.5 Å². The Morgan fingerprint density at radius 3 is 2.85 bits per heavy atom. The molecule has 2 heterocycles. The summed E-state index contributed by atoms with van der Waals surface area (Å²) < 4.78 is 0. The molecule has 0 amide bonds. The first-order chi connectivity index (χ1) is 9.76. The second kappa shape index (κ2) is 5.95. The molecule has 1 aliphatic carbocycles. The average Bonchev–Trinajstić information content (AvgIpc) is 3.12. The van der Waals surface area contributed by atoms with Crippen molar-refractivity contribution in [3.8, 4) is 11.4 Å². The van der Waals surface area contributed by atoms with E-state index in [-0.39, 0.29) is 0 Å². The zero-order chi connectivity index (χ0) is 13.9. The van der Waals surface area contributed by atoms with Crippen molar-refractivity contribution in [2.75, 3.05) is 5.32 Å². The van der Waals surface area contributed by atoms with Gasteiger partial charge in [0.25, 0.3) is 0 Å². The largest absolute Gasteiger partial charge is 0.351 e. The van der Waals surface area contributed by atoms with E-state index in [1.807, 2.05) is 6.07 Å². The Morgan fingerprint density at radius 2 is 2.15 bits per heavy atom. The highest BCUT2D eigenvalue weighted by atomic mass is 35.5. The molecule has 6 nitrogen and oxygen atoms in total. The summed E-state index contributed by atoms with van der Waals surface area (Å²) in [6, 6.07) is 2.48. The summed E-state index contributed by atoms with van der Waals surface area (Å²) >= 11 is 11.8. The topological polar surface area (TPSA) is 78.5 Å². The van der Waals surface area contributed by atoms with Gasteiger partial charge in [0.05, 0.1) is 11.2 Å². The van der Waals surface area contributed by atoms with Crippen LogP contribution in [-0.2, 0) is 0 Å². The minimum Gasteiger partial charge on any atom is -0.351 e. The van der Waals surface area contributed by atoms with Gasteiger partial charge in [-0.05, 0) is 37.1 Å². The van der Waals surface area contributed by atoms with Gasteiger partial charge >= 0.3 is 0 Å². The molecule has 0 saturated heterocycles. The second-order valence-corrected chi connectivity index (χ2v) is 5.44. The molecule has 0 spiro atoms. The smallest absolute Gasteiger partial charge is 0.223 e. The normalized spacial score (nSPS) is 22.1. The van der Waals surface area contributed by atoms with Gasteiger partial charge < -0.3 is 5.32 Å². The van der Waals surface area contributed by atoms with Gasteiger partial charge in [0.1, 0.15) is 11.4 Å². The van der Waals surface area contributed by atoms with E-state index in [0.29, 0.717) is 34.4 Å². The molecule has 0 bridgehead atoms. The molecule has 3 N–H and O–H groups in total. The predicted octanol–water partition coefficient (Wildman–Crippen LogP) is 2.60. The van der Waals surface area contributed by atoms with Crippen LogP contribution in [0.2, 0.25) is 5.02 Å². The van der Waals surface area contributed by atoms with Gasteiger partial charge in [0.15, 0.2) is 0 Å². The van der Waals surface area contributed by atoms with Crippen molar-refractivity contribution in [1.82, 2.24) is 25.0 Å². The molecule has 8 heteroatoms. The van der Waals surface area contributed by atoms with E-state index in [4.69, 9.17) is 23.4 Å². The van der Waals surface area contributed by atoms with Crippen LogP contribution in [0.1, 0.15) is 19.3 Å². The molecular formula is C12H14Cl2N6. The van der Waals surface area contributed by atoms with E-state index in [9.17, 15) is 0 Å². The fourth-order valence-electron chi connectivity index (χ4n) is 2.40. The molecule has 0 aliphatic heterocycles. The van der Waals surface area contributed by atoms with E-state index in [2.05, 4.69) is 30.3 Å². The molecule has 3 rings (SSSR count). The number of halogens is 2. The number of aromatic nitrogens is 4. The molecule has 2 aromatic rings. The maximum Gasteiger partial charge on any atom is 0.223 e. The first-order valence-corrected chi connectivity index (χ1v) is 7.17. The summed E-state index contributed by atoms with van der Waals surface area (Å²) in [7, 11) is 0. The lowest BCUT2D eigenvalue weighted by Crippen LogP contribution is -2.22. The van der Waals surface area contributed by atoms with Crippen LogP contribution in [0.4, 0.5) is 5.95 Å². The predicted molar refractivity (Wildman–Crippen MR) is 78.7 cm³/mol. The minimum absolute atomic E-state index is 0.319. The quantitative estimate of drug-likeness (QED) is 0.756. The molecule has 2 aromatic heterocycles. The number of H-pyrrole nitrogens is 1. The number of aromatic amines is 1. The van der Waals surface area contributed by atoms with Crippen molar-refractivity contribution in [1.29, 1.82) is 0 Å². The lowest BCUT2D eigenvalue weighted by atomic mass is 10.2. The number of rotatable bonds is 4. The van der Waals surface area contributed by atoms with E-state index in [1.165, 1.54) is 0 Å². The van der Waals surface area contributed by atoms with Gasteiger partial charge in [0, 0.05) is 18.3 Å². The maximum atomic E-state index is 6.12. The zero-order valence-electron chi connectivity index (χ0n) is 10.6. The zero-order valence-corrected chi connectivity index (χ0v) is 12.1. The lowest BCUT2D eigenvalue weighted by molar-refractivity contribution is 0.639. The summed E-state index contributed by atoms with van der Waals surface area (Å²) in [4.78, 5) is 11.4. The molecule has 0 aromatic carbocycles. The van der Waals surface area contributed by atoms with Gasteiger partial charge in [-0.2, -0.15) is 5.10 Å². The van der Waals surface area contributed by atoms with E-state index < -0.39 is 0 Å². The highest BCUT2D eigenvalue weighted by Crippen LogP contribution is 2.26. The first-order valence-electron chi connectivity index (χ1n) is 6.41. The molecule has 2 atom stereocenters. The van der Waals surface area contributed by atoms with Gasteiger partial charge in [-0.25, -0.2) is 14.8 Å². The minimum atomic E-state index is 0.319. The van der Waals surface area contributed by atoms with Crippen LogP contribution in [0.25, 0.3) is 11.4 Å². The highest BCUT2D eigenvalue weighted by molar-refractivity contribution is 6.32. The molecule has 1 aliphatic rings. The summed E-state index contributed by atoms with van der Waals surface area (Å²) in [6.45, 7) is 0. The number of nitrogens with zero attached hydrogens (tertiary/aromatic N) is 3. The third-order valence-corrected chi connectivity index (χ3v) is 3.99. The number of hydrogen-bond acceptors (Lipinski definition) is 5. The molecule has 1 fully saturated rings. The monoisotopic (exact) mass is 312 g/mol.